The molecule has 0 aliphatic carbocycles. The van der Waals surface area contributed by atoms with Crippen molar-refractivity contribution in [3.05, 3.63) is 35.9 Å². The molecular weight excluding hydrogens is 268 g/mol. The van der Waals surface area contributed by atoms with E-state index in [-0.39, 0.29) is 24.4 Å². The standard InChI is InChI=1S/C16H20N2O3/c1-16(10-21-11-16)15(20)18-8-13(17-14(19)9-18)7-12-5-3-2-4-6-12/h2-6,13H,7-11H2,1H3,(H,17,19)/t13-/m0/s1. The Labute approximate surface area is 124 Å². The summed E-state index contributed by atoms with van der Waals surface area (Å²) in [6.45, 7) is 3.52. The number of benzene rings is 1. The number of hydrogen-bond acceptors (Lipinski definition) is 3. The van der Waals surface area contributed by atoms with Crippen molar-refractivity contribution >= 4 is 11.8 Å². The van der Waals surface area contributed by atoms with Gasteiger partial charge in [-0.1, -0.05) is 30.3 Å². The lowest BCUT2D eigenvalue weighted by Crippen LogP contribution is -2.61. The van der Waals surface area contributed by atoms with Crippen LogP contribution < -0.4 is 5.32 Å². The Morgan fingerprint density at radius 1 is 1.38 bits per heavy atom. The van der Waals surface area contributed by atoms with E-state index < -0.39 is 5.41 Å². The molecule has 0 aromatic heterocycles. The summed E-state index contributed by atoms with van der Waals surface area (Å²) in [5.41, 5.74) is 0.713. The first-order chi connectivity index (χ1) is 10.1. The van der Waals surface area contributed by atoms with Crippen molar-refractivity contribution in [2.24, 2.45) is 5.41 Å². The van der Waals surface area contributed by atoms with Gasteiger partial charge in [0.1, 0.15) is 0 Å². The lowest BCUT2D eigenvalue weighted by molar-refractivity contribution is -0.171. The minimum absolute atomic E-state index is 0.0257. The van der Waals surface area contributed by atoms with Crippen molar-refractivity contribution in [1.29, 1.82) is 0 Å². The zero-order valence-electron chi connectivity index (χ0n) is 12.2. The Morgan fingerprint density at radius 3 is 2.71 bits per heavy atom. The highest BCUT2D eigenvalue weighted by atomic mass is 16.5. The average Bonchev–Trinajstić information content (AvgIpc) is 2.44. The number of nitrogens with one attached hydrogen (secondary N) is 1. The van der Waals surface area contributed by atoms with Crippen LogP contribution in [0.4, 0.5) is 0 Å². The molecule has 0 unspecified atom stereocenters. The zero-order valence-corrected chi connectivity index (χ0v) is 12.2. The molecule has 2 aliphatic rings. The summed E-state index contributed by atoms with van der Waals surface area (Å²) in [4.78, 5) is 26.1. The lowest BCUT2D eigenvalue weighted by atomic mass is 9.86. The summed E-state index contributed by atoms with van der Waals surface area (Å²) in [6, 6.07) is 9.98. The molecule has 0 radical (unpaired) electrons. The van der Waals surface area contributed by atoms with E-state index in [1.54, 1.807) is 4.90 Å². The first-order valence-corrected chi connectivity index (χ1v) is 7.27. The van der Waals surface area contributed by atoms with Gasteiger partial charge < -0.3 is 15.0 Å². The fourth-order valence-electron chi connectivity index (χ4n) is 2.91. The number of ether oxygens (including phenoxy) is 1. The second-order valence-electron chi connectivity index (χ2n) is 6.19. The van der Waals surface area contributed by atoms with Crippen molar-refractivity contribution < 1.29 is 14.3 Å². The van der Waals surface area contributed by atoms with Gasteiger partial charge in [0.05, 0.1) is 31.2 Å². The molecule has 2 heterocycles. The summed E-state index contributed by atoms with van der Waals surface area (Å²) in [5.74, 6) is -0.0546. The number of piperazine rings is 1. The van der Waals surface area contributed by atoms with Crippen molar-refractivity contribution in [2.75, 3.05) is 26.3 Å². The Kier molecular flexibility index (Phi) is 3.68. The van der Waals surface area contributed by atoms with Gasteiger partial charge in [-0.3, -0.25) is 9.59 Å². The molecule has 2 saturated heterocycles. The topological polar surface area (TPSA) is 58.6 Å². The third-order valence-electron chi connectivity index (χ3n) is 4.11. The van der Waals surface area contributed by atoms with Gasteiger partial charge >= 0.3 is 0 Å². The van der Waals surface area contributed by atoms with E-state index in [1.807, 2.05) is 37.3 Å². The molecule has 1 atom stereocenters. The second kappa shape index (κ2) is 5.48. The van der Waals surface area contributed by atoms with Crippen molar-refractivity contribution in [1.82, 2.24) is 10.2 Å². The summed E-state index contributed by atoms with van der Waals surface area (Å²) >= 11 is 0. The van der Waals surface area contributed by atoms with Gasteiger partial charge in [-0.2, -0.15) is 0 Å². The number of amides is 2. The van der Waals surface area contributed by atoms with Crippen molar-refractivity contribution in [2.45, 2.75) is 19.4 Å². The molecule has 1 N–H and O–H groups in total. The first kappa shape index (κ1) is 14.1. The average molecular weight is 288 g/mol. The maximum Gasteiger partial charge on any atom is 0.239 e. The molecule has 2 amide bonds. The minimum Gasteiger partial charge on any atom is -0.379 e. The van der Waals surface area contributed by atoms with Gasteiger partial charge in [-0.15, -0.1) is 0 Å². The van der Waals surface area contributed by atoms with E-state index in [4.69, 9.17) is 4.74 Å². The van der Waals surface area contributed by atoms with Gasteiger partial charge in [-0.25, -0.2) is 0 Å². The van der Waals surface area contributed by atoms with Crippen LogP contribution in [0.3, 0.4) is 0 Å². The fraction of sp³-hybridized carbons (Fsp3) is 0.500. The molecular formula is C16H20N2O3. The molecule has 0 spiro atoms. The Balaban J connectivity index is 1.67. The molecule has 3 rings (SSSR count). The molecule has 1 aromatic carbocycles. The molecule has 112 valence electrons. The number of carbonyl (C=O) groups is 2. The third-order valence-corrected chi connectivity index (χ3v) is 4.11. The Hall–Kier alpha value is -1.88. The largest absolute Gasteiger partial charge is 0.379 e. The summed E-state index contributed by atoms with van der Waals surface area (Å²) in [7, 11) is 0. The third kappa shape index (κ3) is 2.93. The van der Waals surface area contributed by atoms with Gasteiger partial charge in [-0.05, 0) is 18.9 Å². The van der Waals surface area contributed by atoms with E-state index in [1.165, 1.54) is 0 Å². The summed E-state index contributed by atoms with van der Waals surface area (Å²) < 4.78 is 5.15. The van der Waals surface area contributed by atoms with Crippen LogP contribution in [0.25, 0.3) is 0 Å². The highest BCUT2D eigenvalue weighted by Gasteiger charge is 2.45. The van der Waals surface area contributed by atoms with Gasteiger partial charge in [0.25, 0.3) is 0 Å². The Morgan fingerprint density at radius 2 is 2.10 bits per heavy atom. The predicted octanol–water partition coefficient (Wildman–Crippen LogP) is 0.593. The minimum atomic E-state index is -0.449. The normalized spacial score (nSPS) is 24.1. The molecule has 1 aromatic rings. The predicted molar refractivity (Wildman–Crippen MR) is 77.6 cm³/mol. The first-order valence-electron chi connectivity index (χ1n) is 7.27. The van der Waals surface area contributed by atoms with Gasteiger partial charge in [0.15, 0.2) is 0 Å². The molecule has 2 fully saturated rings. The Bertz CT molecular complexity index is 540. The van der Waals surface area contributed by atoms with E-state index >= 15 is 0 Å². The van der Waals surface area contributed by atoms with Crippen LogP contribution in [0.15, 0.2) is 30.3 Å². The van der Waals surface area contributed by atoms with E-state index in [0.29, 0.717) is 19.8 Å². The van der Waals surface area contributed by atoms with Crippen LogP contribution in [0.5, 0.6) is 0 Å². The highest BCUT2D eigenvalue weighted by molar-refractivity contribution is 5.89. The molecule has 5 heteroatoms. The number of nitrogens with zero attached hydrogens (tertiary/aromatic N) is 1. The summed E-state index contributed by atoms with van der Waals surface area (Å²) in [6.07, 6.45) is 0.740. The highest BCUT2D eigenvalue weighted by Crippen LogP contribution is 2.29. The van der Waals surface area contributed by atoms with E-state index in [9.17, 15) is 9.59 Å². The maximum atomic E-state index is 12.5. The number of rotatable bonds is 3. The quantitative estimate of drug-likeness (QED) is 0.886. The van der Waals surface area contributed by atoms with E-state index in [2.05, 4.69) is 5.32 Å². The maximum absolute atomic E-state index is 12.5. The lowest BCUT2D eigenvalue weighted by Gasteiger charge is -2.42. The molecule has 5 nitrogen and oxygen atoms in total. The van der Waals surface area contributed by atoms with Crippen LogP contribution in [0.2, 0.25) is 0 Å². The molecule has 2 aliphatic heterocycles. The van der Waals surface area contributed by atoms with Crippen molar-refractivity contribution in [3.63, 3.8) is 0 Å². The number of carbonyl (C=O) groups excluding carboxylic acids is 2. The van der Waals surface area contributed by atoms with Crippen LogP contribution in [0.1, 0.15) is 12.5 Å². The van der Waals surface area contributed by atoms with Crippen LogP contribution >= 0.6 is 0 Å². The fourth-order valence-corrected chi connectivity index (χ4v) is 2.91. The molecule has 0 saturated carbocycles. The van der Waals surface area contributed by atoms with Crippen LogP contribution in [0, 0.1) is 5.41 Å². The zero-order chi connectivity index (χ0) is 14.9. The SMILES string of the molecule is CC1(C(=O)N2CC(=O)N[C@@H](Cc3ccccc3)C2)COC1. The molecule has 0 bridgehead atoms. The smallest absolute Gasteiger partial charge is 0.239 e. The molecule has 21 heavy (non-hydrogen) atoms. The summed E-state index contributed by atoms with van der Waals surface area (Å²) in [5, 5.41) is 2.97. The van der Waals surface area contributed by atoms with Crippen LogP contribution in [-0.2, 0) is 20.7 Å². The van der Waals surface area contributed by atoms with Crippen molar-refractivity contribution in [3.8, 4) is 0 Å². The van der Waals surface area contributed by atoms with Crippen LogP contribution in [-0.4, -0.2) is 49.1 Å². The van der Waals surface area contributed by atoms with Gasteiger partial charge in [0.2, 0.25) is 11.8 Å². The number of hydrogen-bond donors (Lipinski definition) is 1. The van der Waals surface area contributed by atoms with E-state index in [0.717, 1.165) is 12.0 Å². The monoisotopic (exact) mass is 288 g/mol. The van der Waals surface area contributed by atoms with Gasteiger partial charge in [0, 0.05) is 6.54 Å². The second-order valence-corrected chi connectivity index (χ2v) is 6.19.